The monoisotopic (exact) mass is 370 g/mol. The maximum absolute atomic E-state index is 13.0. The van der Waals surface area contributed by atoms with Gasteiger partial charge in [-0.15, -0.1) is 0 Å². The minimum Gasteiger partial charge on any atom is -0.454 e. The van der Waals surface area contributed by atoms with E-state index in [2.05, 4.69) is 22.4 Å². The first-order valence-electron chi connectivity index (χ1n) is 9.60. The van der Waals surface area contributed by atoms with E-state index in [0.717, 1.165) is 63.3 Å². The van der Waals surface area contributed by atoms with Crippen molar-refractivity contribution in [1.82, 2.24) is 4.98 Å². The summed E-state index contributed by atoms with van der Waals surface area (Å²) in [5, 5.41) is 4.67. The molecule has 5 nitrogen and oxygen atoms in total. The number of nitrogens with one attached hydrogen (secondary N) is 1. The average Bonchev–Trinajstić information content (AvgIpc) is 3.20. The van der Waals surface area contributed by atoms with Crippen molar-refractivity contribution in [3.63, 3.8) is 0 Å². The molecule has 1 N–H and O–H groups in total. The first-order chi connectivity index (χ1) is 13.8. The third kappa shape index (κ3) is 2.19. The normalized spacial score (nSPS) is 20.0. The first-order valence-corrected chi connectivity index (χ1v) is 9.60. The molecule has 0 saturated heterocycles. The molecule has 0 fully saturated rings. The standard InChI is InChI=1S/C23H18N2O3/c26-18-5-1-4-17-22(18)21(13-6-9-19-20(11-13)28-12-27-19)15-7-8-16-14(23(15)25-17)3-2-10-24-16/h2-3,6-11,21,25H,1,4-5,12H2. The number of carbonyl (C=O) groups excluding carboxylic acids is 1. The van der Waals surface area contributed by atoms with E-state index in [4.69, 9.17) is 9.47 Å². The number of ether oxygens (including phenoxy) is 2. The van der Waals surface area contributed by atoms with Crippen LogP contribution in [0.3, 0.4) is 0 Å². The van der Waals surface area contributed by atoms with Crippen LogP contribution < -0.4 is 14.8 Å². The Labute approximate surface area is 162 Å². The first kappa shape index (κ1) is 15.7. The number of fused-ring (bicyclic) bond motifs is 4. The van der Waals surface area contributed by atoms with Gasteiger partial charge in [0.25, 0.3) is 0 Å². The van der Waals surface area contributed by atoms with Crippen LogP contribution >= 0.6 is 0 Å². The highest BCUT2D eigenvalue weighted by Gasteiger charge is 2.36. The van der Waals surface area contributed by atoms with Crippen LogP contribution in [0.2, 0.25) is 0 Å². The van der Waals surface area contributed by atoms with Crippen LogP contribution in [-0.2, 0) is 4.79 Å². The van der Waals surface area contributed by atoms with E-state index >= 15 is 0 Å². The van der Waals surface area contributed by atoms with Gasteiger partial charge >= 0.3 is 0 Å². The van der Waals surface area contributed by atoms with E-state index in [-0.39, 0.29) is 18.5 Å². The quantitative estimate of drug-likeness (QED) is 0.682. The van der Waals surface area contributed by atoms with Gasteiger partial charge in [-0.3, -0.25) is 9.78 Å². The van der Waals surface area contributed by atoms with Crippen LogP contribution in [-0.4, -0.2) is 17.6 Å². The third-order valence-corrected chi connectivity index (χ3v) is 5.88. The van der Waals surface area contributed by atoms with Gasteiger partial charge in [0.1, 0.15) is 0 Å². The van der Waals surface area contributed by atoms with Gasteiger partial charge in [-0.25, -0.2) is 0 Å². The van der Waals surface area contributed by atoms with E-state index in [1.807, 2.05) is 36.5 Å². The Morgan fingerprint density at radius 3 is 2.93 bits per heavy atom. The number of benzene rings is 2. The number of pyridine rings is 1. The van der Waals surface area contributed by atoms with Crippen molar-refractivity contribution >= 4 is 22.4 Å². The Balaban J connectivity index is 1.62. The molecule has 5 heteroatoms. The zero-order chi connectivity index (χ0) is 18.7. The summed E-state index contributed by atoms with van der Waals surface area (Å²) in [5.74, 6) is 1.61. The fourth-order valence-electron chi connectivity index (χ4n) is 4.62. The predicted molar refractivity (Wildman–Crippen MR) is 106 cm³/mol. The summed E-state index contributed by atoms with van der Waals surface area (Å²) in [6, 6.07) is 14.2. The summed E-state index contributed by atoms with van der Waals surface area (Å²) in [6.45, 7) is 0.241. The fraction of sp³-hybridized carbons (Fsp3) is 0.217. The minimum absolute atomic E-state index is 0.113. The third-order valence-electron chi connectivity index (χ3n) is 5.88. The van der Waals surface area contributed by atoms with Crippen molar-refractivity contribution in [3.8, 4) is 11.5 Å². The van der Waals surface area contributed by atoms with Crippen molar-refractivity contribution in [2.24, 2.45) is 0 Å². The molecule has 28 heavy (non-hydrogen) atoms. The Kier molecular flexibility index (Phi) is 3.27. The molecule has 1 atom stereocenters. The highest BCUT2D eigenvalue weighted by atomic mass is 16.7. The number of Topliss-reactive ketones (excluding diaryl/α,β-unsaturated/α-hetero) is 1. The number of carbonyl (C=O) groups is 1. The zero-order valence-electron chi connectivity index (χ0n) is 15.2. The largest absolute Gasteiger partial charge is 0.454 e. The molecule has 1 unspecified atom stereocenters. The highest BCUT2D eigenvalue weighted by Crippen LogP contribution is 2.48. The minimum atomic E-state index is -0.113. The lowest BCUT2D eigenvalue weighted by Crippen LogP contribution is -2.27. The van der Waals surface area contributed by atoms with E-state index in [0.29, 0.717) is 6.42 Å². The highest BCUT2D eigenvalue weighted by molar-refractivity contribution is 6.04. The number of aromatic nitrogens is 1. The van der Waals surface area contributed by atoms with Crippen LogP contribution in [0.1, 0.15) is 36.3 Å². The van der Waals surface area contributed by atoms with Crippen LogP contribution in [0, 0.1) is 0 Å². The predicted octanol–water partition coefficient (Wildman–Crippen LogP) is 4.53. The van der Waals surface area contributed by atoms with Gasteiger partial charge in [0.2, 0.25) is 6.79 Å². The molecule has 0 saturated carbocycles. The van der Waals surface area contributed by atoms with Crippen molar-refractivity contribution in [2.75, 3.05) is 12.1 Å². The van der Waals surface area contributed by atoms with E-state index in [1.165, 1.54) is 0 Å². The van der Waals surface area contributed by atoms with Gasteiger partial charge in [-0.1, -0.05) is 12.1 Å². The summed E-state index contributed by atoms with van der Waals surface area (Å²) in [4.78, 5) is 17.4. The number of rotatable bonds is 1. The Morgan fingerprint density at radius 2 is 1.96 bits per heavy atom. The fourth-order valence-corrected chi connectivity index (χ4v) is 4.62. The molecule has 3 aromatic rings. The molecule has 1 aliphatic carbocycles. The maximum atomic E-state index is 13.0. The maximum Gasteiger partial charge on any atom is 0.231 e. The second-order valence-corrected chi connectivity index (χ2v) is 7.44. The Morgan fingerprint density at radius 1 is 1.04 bits per heavy atom. The Hall–Kier alpha value is -3.34. The molecule has 0 radical (unpaired) electrons. The average molecular weight is 370 g/mol. The Bertz CT molecular complexity index is 1180. The van der Waals surface area contributed by atoms with Gasteiger partial charge in [0.15, 0.2) is 17.3 Å². The van der Waals surface area contributed by atoms with Crippen molar-refractivity contribution in [3.05, 3.63) is 71.1 Å². The van der Waals surface area contributed by atoms with Crippen LogP contribution in [0.25, 0.3) is 10.9 Å². The summed E-state index contributed by atoms with van der Waals surface area (Å²) >= 11 is 0. The van der Waals surface area contributed by atoms with Crippen LogP contribution in [0.5, 0.6) is 11.5 Å². The molecule has 6 rings (SSSR count). The number of allylic oxidation sites excluding steroid dienone is 2. The second-order valence-electron chi connectivity index (χ2n) is 7.44. The van der Waals surface area contributed by atoms with E-state index in [1.54, 1.807) is 0 Å². The summed E-state index contributed by atoms with van der Waals surface area (Å²) < 4.78 is 11.1. The summed E-state index contributed by atoms with van der Waals surface area (Å²) in [7, 11) is 0. The lowest BCUT2D eigenvalue weighted by Gasteiger charge is -2.34. The molecule has 2 aliphatic heterocycles. The molecule has 138 valence electrons. The molecule has 0 amide bonds. The number of nitrogens with zero attached hydrogens (tertiary/aromatic N) is 1. The molecule has 3 aliphatic rings. The molecule has 2 aromatic carbocycles. The van der Waals surface area contributed by atoms with Crippen LogP contribution in [0.4, 0.5) is 5.69 Å². The zero-order valence-corrected chi connectivity index (χ0v) is 15.2. The molecule has 3 heterocycles. The van der Waals surface area contributed by atoms with E-state index < -0.39 is 0 Å². The van der Waals surface area contributed by atoms with Gasteiger partial charge in [-0.2, -0.15) is 0 Å². The van der Waals surface area contributed by atoms with Crippen LogP contribution in [0.15, 0.2) is 59.9 Å². The SMILES string of the molecule is O=C1CCCC2=C1C(c1ccc3c(c1)OCO3)c1ccc3ncccc3c1N2. The molecular weight excluding hydrogens is 352 g/mol. The number of ketones is 1. The molecular formula is C23H18N2O3. The topological polar surface area (TPSA) is 60.5 Å². The van der Waals surface area contributed by atoms with Crippen molar-refractivity contribution in [2.45, 2.75) is 25.2 Å². The number of anilines is 1. The number of hydrogen-bond acceptors (Lipinski definition) is 5. The molecule has 0 spiro atoms. The molecule has 0 bridgehead atoms. The summed E-state index contributed by atoms with van der Waals surface area (Å²) in [6.07, 6.45) is 4.18. The molecule has 1 aromatic heterocycles. The van der Waals surface area contributed by atoms with E-state index in [9.17, 15) is 4.79 Å². The summed E-state index contributed by atoms with van der Waals surface area (Å²) in [5.41, 5.74) is 6.10. The second kappa shape index (κ2) is 5.83. The van der Waals surface area contributed by atoms with Gasteiger partial charge in [0.05, 0.1) is 11.2 Å². The van der Waals surface area contributed by atoms with Gasteiger partial charge in [-0.05, 0) is 54.3 Å². The lowest BCUT2D eigenvalue weighted by atomic mass is 9.75. The van der Waals surface area contributed by atoms with Crippen molar-refractivity contribution in [1.29, 1.82) is 0 Å². The lowest BCUT2D eigenvalue weighted by molar-refractivity contribution is -0.116. The van der Waals surface area contributed by atoms with Gasteiger partial charge in [0, 0.05) is 35.2 Å². The van der Waals surface area contributed by atoms with Gasteiger partial charge < -0.3 is 14.8 Å². The number of hydrogen-bond donors (Lipinski definition) is 1. The smallest absolute Gasteiger partial charge is 0.231 e. The van der Waals surface area contributed by atoms with Crippen molar-refractivity contribution < 1.29 is 14.3 Å².